The summed E-state index contributed by atoms with van der Waals surface area (Å²) in [4.78, 5) is 15.5. The average Bonchev–Trinajstić information content (AvgIpc) is 3.24. The molecule has 1 saturated heterocycles. The molecule has 5 nitrogen and oxygen atoms in total. The van der Waals surface area contributed by atoms with E-state index in [4.69, 9.17) is 9.16 Å². The SMILES string of the molecule is COc1ccc2c(c1)C(=O)N1CC3(CC3)CC1C(O[Si](C)(C)C(C)(C)C)N2. The highest BCUT2D eigenvalue weighted by Gasteiger charge is 2.57. The van der Waals surface area contributed by atoms with Crippen LogP contribution < -0.4 is 10.1 Å². The largest absolute Gasteiger partial charge is 0.497 e. The van der Waals surface area contributed by atoms with Gasteiger partial charge in [-0.25, -0.2) is 0 Å². The molecule has 3 aliphatic rings. The van der Waals surface area contributed by atoms with E-state index < -0.39 is 8.32 Å². The Morgan fingerprint density at radius 3 is 2.56 bits per heavy atom. The minimum absolute atomic E-state index is 0.0903. The van der Waals surface area contributed by atoms with Gasteiger partial charge < -0.3 is 19.4 Å². The van der Waals surface area contributed by atoms with Gasteiger partial charge in [0.25, 0.3) is 5.91 Å². The van der Waals surface area contributed by atoms with Crippen molar-refractivity contribution >= 4 is 19.9 Å². The maximum absolute atomic E-state index is 13.4. The number of methoxy groups -OCH3 is 1. The van der Waals surface area contributed by atoms with Crippen molar-refractivity contribution in [2.45, 2.75) is 70.4 Å². The molecular weight excluding hydrogens is 356 g/mol. The fourth-order valence-corrected chi connectivity index (χ4v) is 5.29. The molecule has 148 valence electrons. The van der Waals surface area contributed by atoms with Gasteiger partial charge in [0.15, 0.2) is 8.32 Å². The van der Waals surface area contributed by atoms with Crippen molar-refractivity contribution < 1.29 is 14.0 Å². The number of nitrogens with zero attached hydrogens (tertiary/aromatic N) is 1. The van der Waals surface area contributed by atoms with E-state index in [1.54, 1.807) is 7.11 Å². The number of rotatable bonds is 3. The van der Waals surface area contributed by atoms with Crippen LogP contribution in [0.3, 0.4) is 0 Å². The van der Waals surface area contributed by atoms with E-state index >= 15 is 0 Å². The number of nitrogens with one attached hydrogen (secondary N) is 1. The van der Waals surface area contributed by atoms with Crippen molar-refractivity contribution in [3.05, 3.63) is 23.8 Å². The Labute approximate surface area is 163 Å². The van der Waals surface area contributed by atoms with E-state index in [1.807, 2.05) is 18.2 Å². The van der Waals surface area contributed by atoms with Gasteiger partial charge in [0.05, 0.1) is 18.7 Å². The summed E-state index contributed by atoms with van der Waals surface area (Å²) in [7, 11) is -0.350. The quantitative estimate of drug-likeness (QED) is 0.777. The van der Waals surface area contributed by atoms with Crippen molar-refractivity contribution in [1.29, 1.82) is 0 Å². The molecule has 4 rings (SSSR count). The van der Waals surface area contributed by atoms with Gasteiger partial charge in [-0.3, -0.25) is 4.79 Å². The first-order valence-electron chi connectivity index (χ1n) is 9.99. The summed E-state index contributed by atoms with van der Waals surface area (Å²) >= 11 is 0. The minimum Gasteiger partial charge on any atom is -0.497 e. The molecule has 0 radical (unpaired) electrons. The van der Waals surface area contributed by atoms with Crippen LogP contribution in [0.5, 0.6) is 5.75 Å². The monoisotopic (exact) mass is 388 g/mol. The zero-order valence-corrected chi connectivity index (χ0v) is 18.4. The van der Waals surface area contributed by atoms with Crippen molar-refractivity contribution in [2.75, 3.05) is 19.0 Å². The lowest BCUT2D eigenvalue weighted by Crippen LogP contribution is -2.52. The van der Waals surface area contributed by atoms with Crippen LogP contribution in [-0.2, 0) is 4.43 Å². The van der Waals surface area contributed by atoms with E-state index in [0.29, 0.717) is 16.7 Å². The normalized spacial score (nSPS) is 26.3. The summed E-state index contributed by atoms with van der Waals surface area (Å²) in [5.41, 5.74) is 1.87. The summed E-state index contributed by atoms with van der Waals surface area (Å²) < 4.78 is 12.2. The Hall–Kier alpha value is -1.53. The van der Waals surface area contributed by atoms with E-state index in [1.165, 1.54) is 12.8 Å². The molecule has 2 aliphatic heterocycles. The predicted octanol–water partition coefficient (Wildman–Crippen LogP) is 4.46. The zero-order chi connectivity index (χ0) is 19.6. The lowest BCUT2D eigenvalue weighted by Gasteiger charge is -2.41. The highest BCUT2D eigenvalue weighted by Crippen LogP contribution is 2.56. The van der Waals surface area contributed by atoms with Crippen molar-refractivity contribution in [2.24, 2.45) is 5.41 Å². The Bertz CT molecular complexity index is 767. The molecule has 1 amide bonds. The number of benzene rings is 1. The Morgan fingerprint density at radius 1 is 1.26 bits per heavy atom. The van der Waals surface area contributed by atoms with Crippen LogP contribution in [0.4, 0.5) is 5.69 Å². The topological polar surface area (TPSA) is 50.8 Å². The van der Waals surface area contributed by atoms with Crippen LogP contribution in [0.1, 0.15) is 50.4 Å². The molecule has 1 aromatic rings. The van der Waals surface area contributed by atoms with Gasteiger partial charge in [-0.2, -0.15) is 0 Å². The standard InChI is InChI=1S/C21H32N2O3Si/c1-20(2,3)27(5,6)26-18-17-12-21(9-10-21)13-23(17)19(24)15-11-14(25-4)7-8-16(15)22-18/h7-8,11,17-18,22H,9-10,12-13H2,1-6H3. The second kappa shape index (κ2) is 5.98. The number of carbonyl (C=O) groups excluding carboxylic acids is 1. The zero-order valence-electron chi connectivity index (χ0n) is 17.4. The first-order valence-corrected chi connectivity index (χ1v) is 12.9. The lowest BCUT2D eigenvalue weighted by atomic mass is 10.0. The van der Waals surface area contributed by atoms with Gasteiger partial charge in [-0.1, -0.05) is 20.8 Å². The maximum atomic E-state index is 13.4. The van der Waals surface area contributed by atoms with E-state index in [0.717, 1.165) is 18.7 Å². The third kappa shape index (κ3) is 3.16. The van der Waals surface area contributed by atoms with E-state index in [2.05, 4.69) is 44.1 Å². The van der Waals surface area contributed by atoms with Crippen molar-refractivity contribution in [1.82, 2.24) is 4.90 Å². The third-order valence-corrected chi connectivity index (χ3v) is 11.6. The molecule has 1 spiro atoms. The van der Waals surface area contributed by atoms with Crippen LogP contribution in [0.25, 0.3) is 0 Å². The molecule has 1 saturated carbocycles. The Kier molecular flexibility index (Phi) is 4.17. The summed E-state index contributed by atoms with van der Waals surface area (Å²) in [6, 6.07) is 5.80. The first kappa shape index (κ1) is 18.8. The molecule has 2 fully saturated rings. The number of amides is 1. The predicted molar refractivity (Wildman–Crippen MR) is 110 cm³/mol. The molecular formula is C21H32N2O3Si. The summed E-state index contributed by atoms with van der Waals surface area (Å²) in [6.45, 7) is 12.2. The Morgan fingerprint density at radius 2 is 1.96 bits per heavy atom. The van der Waals surface area contributed by atoms with Crippen molar-refractivity contribution in [3.63, 3.8) is 0 Å². The van der Waals surface area contributed by atoms with E-state index in [-0.39, 0.29) is 23.2 Å². The van der Waals surface area contributed by atoms with Gasteiger partial charge >= 0.3 is 0 Å². The Balaban J connectivity index is 1.73. The van der Waals surface area contributed by atoms with Gasteiger partial charge in [0.2, 0.25) is 0 Å². The number of hydrogen-bond acceptors (Lipinski definition) is 4. The highest BCUT2D eigenvalue weighted by atomic mass is 28.4. The number of carbonyl (C=O) groups is 1. The summed E-state index contributed by atoms with van der Waals surface area (Å²) in [6.07, 6.45) is 3.33. The molecule has 0 bridgehead atoms. The smallest absolute Gasteiger partial charge is 0.256 e. The van der Waals surface area contributed by atoms with Crippen LogP contribution in [0.15, 0.2) is 18.2 Å². The first-order chi connectivity index (χ1) is 12.6. The molecule has 2 atom stereocenters. The molecule has 2 heterocycles. The van der Waals surface area contributed by atoms with Crippen molar-refractivity contribution in [3.8, 4) is 5.75 Å². The molecule has 1 N–H and O–H groups in total. The fraction of sp³-hybridized carbons (Fsp3) is 0.667. The van der Waals surface area contributed by atoms with E-state index in [9.17, 15) is 4.79 Å². The maximum Gasteiger partial charge on any atom is 0.256 e. The minimum atomic E-state index is -1.99. The number of anilines is 1. The summed E-state index contributed by atoms with van der Waals surface area (Å²) in [5.74, 6) is 0.816. The molecule has 6 heteroatoms. The third-order valence-electron chi connectivity index (χ3n) is 7.10. The van der Waals surface area contributed by atoms with Crippen LogP contribution in [0.2, 0.25) is 18.1 Å². The molecule has 0 aromatic heterocycles. The number of fused-ring (bicyclic) bond motifs is 2. The van der Waals surface area contributed by atoms with Crippen LogP contribution in [0, 0.1) is 5.41 Å². The number of ether oxygens (including phenoxy) is 1. The summed E-state index contributed by atoms with van der Waals surface area (Å²) in [5, 5.41) is 3.72. The second-order valence-corrected chi connectivity index (χ2v) is 14.8. The van der Waals surface area contributed by atoms with Crippen LogP contribution in [-0.4, -0.2) is 45.0 Å². The fourth-order valence-electron chi connectivity index (χ4n) is 4.09. The van der Waals surface area contributed by atoms with Gasteiger partial charge in [0.1, 0.15) is 12.0 Å². The highest BCUT2D eigenvalue weighted by molar-refractivity contribution is 6.74. The number of hydrogen-bond donors (Lipinski definition) is 1. The molecule has 2 unspecified atom stereocenters. The van der Waals surface area contributed by atoms with Crippen LogP contribution >= 0.6 is 0 Å². The second-order valence-electron chi connectivity index (χ2n) is 10.1. The van der Waals surface area contributed by atoms with Gasteiger partial charge in [-0.05, 0) is 61.0 Å². The average molecular weight is 389 g/mol. The lowest BCUT2D eigenvalue weighted by molar-refractivity contribution is 0.0600. The van der Waals surface area contributed by atoms with Gasteiger partial charge in [-0.15, -0.1) is 0 Å². The molecule has 1 aromatic carbocycles. The molecule has 27 heavy (non-hydrogen) atoms. The van der Waals surface area contributed by atoms with Gasteiger partial charge in [0, 0.05) is 12.2 Å². The molecule has 1 aliphatic carbocycles.